The molecule has 1 aromatic heterocycles. The lowest BCUT2D eigenvalue weighted by Crippen LogP contribution is -2.22. The van der Waals surface area contributed by atoms with Crippen LogP contribution in [0, 0.1) is 0 Å². The van der Waals surface area contributed by atoms with Crippen molar-refractivity contribution in [3.8, 4) is 5.88 Å². The van der Waals surface area contributed by atoms with Gasteiger partial charge >= 0.3 is 0 Å². The maximum absolute atomic E-state index is 12.3. The average molecular weight is 479 g/mol. The molecule has 1 aliphatic rings. The second kappa shape index (κ2) is 6.36. The van der Waals surface area contributed by atoms with Gasteiger partial charge in [0.05, 0.1) is 10.9 Å². The molecule has 0 saturated carbocycles. The molecule has 0 spiro atoms. The van der Waals surface area contributed by atoms with Crippen LogP contribution in [0.5, 0.6) is 5.88 Å². The van der Waals surface area contributed by atoms with Crippen molar-refractivity contribution < 1.29 is 9.90 Å². The number of aromatic hydroxyl groups is 1. The van der Waals surface area contributed by atoms with E-state index in [-0.39, 0.29) is 11.8 Å². The lowest BCUT2D eigenvalue weighted by Gasteiger charge is -2.01. The van der Waals surface area contributed by atoms with Gasteiger partial charge in [0.25, 0.3) is 5.91 Å². The van der Waals surface area contributed by atoms with Crippen molar-refractivity contribution >= 4 is 65.5 Å². The van der Waals surface area contributed by atoms with Crippen molar-refractivity contribution in [3.63, 3.8) is 0 Å². The molecule has 124 valence electrons. The second-order valence-electron chi connectivity index (χ2n) is 5.26. The van der Waals surface area contributed by atoms with Crippen LogP contribution in [0.4, 0.5) is 10.8 Å². The van der Waals surface area contributed by atoms with Crippen molar-refractivity contribution in [1.29, 1.82) is 0 Å². The number of aromatic nitrogens is 1. The fourth-order valence-corrected chi connectivity index (χ4v) is 4.05. The zero-order chi connectivity index (χ0) is 17.6. The van der Waals surface area contributed by atoms with E-state index in [9.17, 15) is 9.90 Å². The second-order valence-corrected chi connectivity index (χ2v) is 8.09. The van der Waals surface area contributed by atoms with Gasteiger partial charge in [0.1, 0.15) is 4.88 Å². The van der Waals surface area contributed by atoms with E-state index < -0.39 is 0 Å². The number of carbonyl (C=O) groups is 1. The van der Waals surface area contributed by atoms with Crippen LogP contribution < -0.4 is 15.9 Å². The third kappa shape index (κ3) is 3.12. The smallest absolute Gasteiger partial charge is 0.279 e. The van der Waals surface area contributed by atoms with Gasteiger partial charge in [0, 0.05) is 19.9 Å². The number of thiazole rings is 1. The Morgan fingerprint density at radius 1 is 1.04 bits per heavy atom. The Labute approximate surface area is 163 Å². The zero-order valence-electron chi connectivity index (χ0n) is 12.5. The van der Waals surface area contributed by atoms with Crippen LogP contribution in [-0.2, 0) is 4.79 Å². The number of hydrogen-bond donors (Lipinski definition) is 2. The largest absolute Gasteiger partial charge is 0.492 e. The maximum Gasteiger partial charge on any atom is 0.279 e. The normalized spacial score (nSPS) is 12.9. The van der Waals surface area contributed by atoms with Crippen molar-refractivity contribution in [2.24, 2.45) is 4.99 Å². The average Bonchev–Trinajstić information content (AvgIpc) is 3.08. The molecule has 0 aliphatic carbocycles. The van der Waals surface area contributed by atoms with Crippen LogP contribution in [-0.4, -0.2) is 16.0 Å². The molecule has 0 saturated heterocycles. The molecule has 25 heavy (non-hydrogen) atoms. The van der Waals surface area contributed by atoms with Crippen LogP contribution in [0.25, 0.3) is 5.57 Å². The summed E-state index contributed by atoms with van der Waals surface area (Å²) in [6.07, 6.45) is 0. The van der Waals surface area contributed by atoms with Crippen LogP contribution in [0.2, 0.25) is 0 Å². The fourth-order valence-electron chi connectivity index (χ4n) is 2.49. The number of fused-ring (bicyclic) bond motifs is 1. The molecule has 2 aromatic carbocycles. The molecule has 0 unspecified atom stereocenters. The van der Waals surface area contributed by atoms with Gasteiger partial charge in [-0.25, -0.2) is 4.99 Å². The molecule has 8 heteroatoms. The van der Waals surface area contributed by atoms with Crippen molar-refractivity contribution in [2.45, 2.75) is 0 Å². The number of nitrogens with zero attached hydrogens (tertiary/aromatic N) is 2. The standard InChI is InChI=1S/C17H9Br2N3O2S/c18-8-1-4-10(5-2-8)20-17-22-16(24)14(25-17)13-11-7-9(19)3-6-12(11)21-15(13)23/h1-7,24H,(H,20,22). The van der Waals surface area contributed by atoms with Gasteiger partial charge in [0.15, 0.2) is 5.13 Å². The van der Waals surface area contributed by atoms with E-state index in [2.05, 4.69) is 47.2 Å². The summed E-state index contributed by atoms with van der Waals surface area (Å²) in [5.41, 5.74) is 1.20. The molecule has 0 bridgehead atoms. The summed E-state index contributed by atoms with van der Waals surface area (Å²) < 4.78 is 1.81. The Hall–Kier alpha value is -2.03. The highest BCUT2D eigenvalue weighted by molar-refractivity contribution is 9.10. The van der Waals surface area contributed by atoms with Crippen LogP contribution in [0.1, 0.15) is 4.88 Å². The van der Waals surface area contributed by atoms with Gasteiger partial charge in [0.2, 0.25) is 5.88 Å². The minimum absolute atomic E-state index is 0.184. The summed E-state index contributed by atoms with van der Waals surface area (Å²) in [7, 11) is 0. The highest BCUT2D eigenvalue weighted by Gasteiger charge is 2.24. The number of carbonyl (C=O) groups excluding carboxylic acids is 1. The van der Waals surface area contributed by atoms with Gasteiger partial charge in [-0.1, -0.05) is 43.2 Å². The van der Waals surface area contributed by atoms with Gasteiger partial charge in [-0.15, -0.1) is 0 Å². The first-order valence-electron chi connectivity index (χ1n) is 7.17. The van der Waals surface area contributed by atoms with Gasteiger partial charge in [-0.05, 0) is 42.5 Å². The Bertz CT molecular complexity index is 1120. The third-order valence-electron chi connectivity index (χ3n) is 3.60. The Morgan fingerprint density at radius 3 is 2.52 bits per heavy atom. The number of halogens is 2. The number of anilines is 2. The van der Waals surface area contributed by atoms with E-state index in [4.69, 9.17) is 0 Å². The van der Waals surface area contributed by atoms with Crippen LogP contribution >= 0.6 is 43.2 Å². The van der Waals surface area contributed by atoms with E-state index in [1.54, 1.807) is 6.07 Å². The van der Waals surface area contributed by atoms with E-state index in [0.717, 1.165) is 14.6 Å². The summed E-state index contributed by atoms with van der Waals surface area (Å²) in [5.74, 6) is -0.557. The topological polar surface area (TPSA) is 74.6 Å². The molecule has 1 amide bonds. The first-order valence-corrected chi connectivity index (χ1v) is 9.57. The van der Waals surface area contributed by atoms with E-state index in [1.165, 1.54) is 11.3 Å². The number of benzene rings is 2. The monoisotopic (exact) mass is 477 g/mol. The van der Waals surface area contributed by atoms with E-state index in [0.29, 0.717) is 26.2 Å². The summed E-state index contributed by atoms with van der Waals surface area (Å²) >= 11 is 8.00. The summed E-state index contributed by atoms with van der Waals surface area (Å²) in [6, 6.07) is 13.0. The highest BCUT2D eigenvalue weighted by Crippen LogP contribution is 2.35. The summed E-state index contributed by atoms with van der Waals surface area (Å²) in [4.78, 5) is 20.9. The Morgan fingerprint density at radius 2 is 1.76 bits per heavy atom. The Balaban J connectivity index is 1.78. The predicted octanol–water partition coefficient (Wildman–Crippen LogP) is 3.48. The zero-order valence-corrected chi connectivity index (χ0v) is 16.4. The first kappa shape index (κ1) is 16.4. The van der Waals surface area contributed by atoms with Crippen LogP contribution in [0.3, 0.4) is 0 Å². The maximum atomic E-state index is 12.3. The SMILES string of the molecule is O=C1N=c2ccc(Br)cc2=C1c1sc(Nc2ccc(Br)cc2)nc1O. The van der Waals surface area contributed by atoms with E-state index >= 15 is 0 Å². The van der Waals surface area contributed by atoms with Crippen molar-refractivity contribution in [2.75, 3.05) is 5.32 Å². The van der Waals surface area contributed by atoms with Gasteiger partial charge in [-0.2, -0.15) is 4.98 Å². The predicted molar refractivity (Wildman–Crippen MR) is 104 cm³/mol. The molecule has 0 radical (unpaired) electrons. The molecular formula is C17H9Br2N3O2S. The van der Waals surface area contributed by atoms with Gasteiger partial charge in [-0.3, -0.25) is 4.79 Å². The number of hydrogen-bond acceptors (Lipinski definition) is 5. The highest BCUT2D eigenvalue weighted by atomic mass is 79.9. The molecule has 4 rings (SSSR count). The third-order valence-corrected chi connectivity index (χ3v) is 5.60. The lowest BCUT2D eigenvalue weighted by molar-refractivity contribution is -0.112. The number of rotatable bonds is 3. The fraction of sp³-hybridized carbons (Fsp3) is 0. The quantitative estimate of drug-likeness (QED) is 0.604. The molecule has 2 N–H and O–H groups in total. The summed E-state index contributed by atoms with van der Waals surface area (Å²) in [5, 5.41) is 15.2. The summed E-state index contributed by atoms with van der Waals surface area (Å²) in [6.45, 7) is 0. The molecular weight excluding hydrogens is 470 g/mol. The molecule has 0 fully saturated rings. The minimum atomic E-state index is -0.373. The van der Waals surface area contributed by atoms with Crippen molar-refractivity contribution in [3.05, 3.63) is 66.9 Å². The molecule has 5 nitrogen and oxygen atoms in total. The molecule has 2 heterocycles. The number of nitrogens with one attached hydrogen (secondary N) is 1. The minimum Gasteiger partial charge on any atom is -0.492 e. The number of amides is 1. The van der Waals surface area contributed by atoms with E-state index in [1.807, 2.05) is 36.4 Å². The van der Waals surface area contributed by atoms with Crippen molar-refractivity contribution in [1.82, 2.24) is 4.98 Å². The molecule has 3 aromatic rings. The van der Waals surface area contributed by atoms with Gasteiger partial charge < -0.3 is 10.4 Å². The lowest BCUT2D eigenvalue weighted by atomic mass is 10.1. The Kier molecular flexibility index (Phi) is 4.18. The molecule has 0 atom stereocenters. The molecule has 1 aliphatic heterocycles. The van der Waals surface area contributed by atoms with Crippen LogP contribution in [0.15, 0.2) is 56.4 Å². The first-order chi connectivity index (χ1) is 12.0.